The molecule has 0 fully saturated rings. The van der Waals surface area contributed by atoms with Crippen LogP contribution in [0.3, 0.4) is 0 Å². The van der Waals surface area contributed by atoms with Crippen molar-refractivity contribution in [1.82, 2.24) is 4.98 Å². The SMILES string of the molecule is CCC(CBr)Cc1ncsc1Cl. The summed E-state index contributed by atoms with van der Waals surface area (Å²) in [6.07, 6.45) is 2.16. The van der Waals surface area contributed by atoms with Crippen LogP contribution >= 0.6 is 38.9 Å². The zero-order valence-corrected chi connectivity index (χ0v) is 10.0. The lowest BCUT2D eigenvalue weighted by atomic mass is 10.0. The maximum Gasteiger partial charge on any atom is 0.116 e. The van der Waals surface area contributed by atoms with E-state index in [1.165, 1.54) is 17.8 Å². The van der Waals surface area contributed by atoms with Gasteiger partial charge < -0.3 is 0 Å². The Morgan fingerprint density at radius 3 is 2.92 bits per heavy atom. The molecule has 12 heavy (non-hydrogen) atoms. The summed E-state index contributed by atoms with van der Waals surface area (Å²) in [6, 6.07) is 0. The number of aromatic nitrogens is 1. The summed E-state index contributed by atoms with van der Waals surface area (Å²) in [6.45, 7) is 2.19. The van der Waals surface area contributed by atoms with Gasteiger partial charge in [-0.25, -0.2) is 4.98 Å². The van der Waals surface area contributed by atoms with Crippen LogP contribution < -0.4 is 0 Å². The predicted molar refractivity (Wildman–Crippen MR) is 58.4 cm³/mol. The zero-order valence-electron chi connectivity index (χ0n) is 6.89. The molecule has 1 atom stereocenters. The van der Waals surface area contributed by atoms with Crippen LogP contribution in [0.25, 0.3) is 0 Å². The van der Waals surface area contributed by atoms with Crippen molar-refractivity contribution in [3.05, 3.63) is 15.5 Å². The van der Waals surface area contributed by atoms with Crippen LogP contribution in [0.15, 0.2) is 5.51 Å². The first-order valence-corrected chi connectivity index (χ1v) is 6.29. The molecule has 68 valence electrons. The third kappa shape index (κ3) is 2.71. The minimum atomic E-state index is 0.657. The molecule has 0 bridgehead atoms. The molecule has 1 aromatic rings. The van der Waals surface area contributed by atoms with Crippen LogP contribution in [-0.4, -0.2) is 10.3 Å². The minimum absolute atomic E-state index is 0.657. The van der Waals surface area contributed by atoms with Crippen molar-refractivity contribution in [2.75, 3.05) is 5.33 Å². The van der Waals surface area contributed by atoms with Crippen LogP contribution in [0.1, 0.15) is 19.0 Å². The highest BCUT2D eigenvalue weighted by molar-refractivity contribution is 9.09. The zero-order chi connectivity index (χ0) is 8.97. The van der Waals surface area contributed by atoms with Crippen molar-refractivity contribution in [1.29, 1.82) is 0 Å². The molecule has 1 heterocycles. The Morgan fingerprint density at radius 2 is 2.50 bits per heavy atom. The molecule has 0 saturated carbocycles. The molecule has 1 unspecified atom stereocenters. The van der Waals surface area contributed by atoms with Gasteiger partial charge >= 0.3 is 0 Å². The minimum Gasteiger partial charge on any atom is -0.248 e. The van der Waals surface area contributed by atoms with Gasteiger partial charge in [-0.15, -0.1) is 11.3 Å². The van der Waals surface area contributed by atoms with Gasteiger partial charge in [0.15, 0.2) is 0 Å². The number of thiazole rings is 1. The number of hydrogen-bond acceptors (Lipinski definition) is 2. The Balaban J connectivity index is 2.56. The van der Waals surface area contributed by atoms with Gasteiger partial charge in [0, 0.05) is 5.33 Å². The third-order valence-corrected chi connectivity index (χ3v) is 3.92. The lowest BCUT2D eigenvalue weighted by Crippen LogP contribution is -2.04. The summed E-state index contributed by atoms with van der Waals surface area (Å²) in [5.74, 6) is 0.657. The second-order valence-electron chi connectivity index (χ2n) is 2.71. The topological polar surface area (TPSA) is 12.9 Å². The fraction of sp³-hybridized carbons (Fsp3) is 0.625. The number of nitrogens with zero attached hydrogens (tertiary/aromatic N) is 1. The summed E-state index contributed by atoms with van der Waals surface area (Å²) in [5.41, 5.74) is 2.85. The molecule has 0 saturated heterocycles. The molecule has 0 aromatic carbocycles. The summed E-state index contributed by atoms with van der Waals surface area (Å²) in [5, 5.41) is 1.03. The van der Waals surface area contributed by atoms with Gasteiger partial charge in [0.1, 0.15) is 4.34 Å². The Labute approximate surface area is 90.3 Å². The Bertz CT molecular complexity index is 235. The van der Waals surface area contributed by atoms with Gasteiger partial charge in [0.25, 0.3) is 0 Å². The van der Waals surface area contributed by atoms with Gasteiger partial charge in [-0.1, -0.05) is 40.9 Å². The molecule has 0 N–H and O–H groups in total. The molecule has 4 heteroatoms. The molecular weight excluding hydrogens is 258 g/mol. The summed E-state index contributed by atoms with van der Waals surface area (Å²) in [4.78, 5) is 4.22. The normalized spacial score (nSPS) is 13.2. The molecular formula is C8H11BrClNS. The summed E-state index contributed by atoms with van der Waals surface area (Å²) >= 11 is 10.9. The largest absolute Gasteiger partial charge is 0.248 e. The molecule has 0 amide bonds. The third-order valence-electron chi connectivity index (χ3n) is 1.87. The smallest absolute Gasteiger partial charge is 0.116 e. The maximum atomic E-state index is 5.94. The van der Waals surface area contributed by atoms with Gasteiger partial charge in [-0.2, -0.15) is 0 Å². The molecule has 0 aliphatic carbocycles. The quantitative estimate of drug-likeness (QED) is 0.758. The van der Waals surface area contributed by atoms with E-state index in [-0.39, 0.29) is 0 Å². The fourth-order valence-corrected chi connectivity index (χ4v) is 2.45. The van der Waals surface area contributed by atoms with Gasteiger partial charge in [-0.3, -0.25) is 0 Å². The standard InChI is InChI=1S/C8H11BrClNS/c1-2-6(4-9)3-7-8(10)12-5-11-7/h5-6H,2-4H2,1H3. The molecule has 0 aliphatic heterocycles. The predicted octanol–water partition coefficient (Wildman–Crippen LogP) is 3.76. The van der Waals surface area contributed by atoms with E-state index in [0.717, 1.165) is 21.8 Å². The molecule has 0 spiro atoms. The first-order valence-electron chi connectivity index (χ1n) is 3.91. The maximum absolute atomic E-state index is 5.94. The molecule has 0 aliphatic rings. The average molecular weight is 269 g/mol. The van der Waals surface area contributed by atoms with Crippen molar-refractivity contribution in [2.24, 2.45) is 5.92 Å². The number of rotatable bonds is 4. The van der Waals surface area contributed by atoms with Crippen molar-refractivity contribution in [3.8, 4) is 0 Å². The number of halogens is 2. The molecule has 0 radical (unpaired) electrons. The van der Waals surface area contributed by atoms with Crippen LogP contribution in [0.2, 0.25) is 4.34 Å². The van der Waals surface area contributed by atoms with Gasteiger partial charge in [0.2, 0.25) is 0 Å². The van der Waals surface area contributed by atoms with Crippen LogP contribution in [0.4, 0.5) is 0 Å². The Morgan fingerprint density at radius 1 is 1.75 bits per heavy atom. The van der Waals surface area contributed by atoms with Crippen molar-refractivity contribution < 1.29 is 0 Å². The Hall–Kier alpha value is 0.400. The monoisotopic (exact) mass is 267 g/mol. The second-order valence-corrected chi connectivity index (χ2v) is 4.81. The summed E-state index contributed by atoms with van der Waals surface area (Å²) in [7, 11) is 0. The van der Waals surface area contributed by atoms with E-state index in [1.54, 1.807) is 5.51 Å². The van der Waals surface area contributed by atoms with Crippen LogP contribution in [0, 0.1) is 5.92 Å². The first kappa shape index (κ1) is 10.5. The number of alkyl halides is 1. The van der Waals surface area contributed by atoms with Crippen LogP contribution in [-0.2, 0) is 6.42 Å². The van der Waals surface area contributed by atoms with E-state index >= 15 is 0 Å². The van der Waals surface area contributed by atoms with E-state index in [1.807, 2.05) is 0 Å². The van der Waals surface area contributed by atoms with Crippen molar-refractivity contribution >= 4 is 38.9 Å². The van der Waals surface area contributed by atoms with E-state index < -0.39 is 0 Å². The fourth-order valence-electron chi connectivity index (χ4n) is 0.969. The average Bonchev–Trinajstić information content (AvgIpc) is 2.47. The van der Waals surface area contributed by atoms with Crippen LogP contribution in [0.5, 0.6) is 0 Å². The van der Waals surface area contributed by atoms with E-state index in [2.05, 4.69) is 27.8 Å². The lowest BCUT2D eigenvalue weighted by molar-refractivity contribution is 0.567. The highest BCUT2D eigenvalue weighted by Crippen LogP contribution is 2.23. The van der Waals surface area contributed by atoms with E-state index in [9.17, 15) is 0 Å². The Kier molecular flexibility index (Phi) is 4.54. The highest BCUT2D eigenvalue weighted by Gasteiger charge is 2.10. The van der Waals surface area contributed by atoms with Crippen molar-refractivity contribution in [3.63, 3.8) is 0 Å². The van der Waals surface area contributed by atoms with Crippen molar-refractivity contribution in [2.45, 2.75) is 19.8 Å². The van der Waals surface area contributed by atoms with Gasteiger partial charge in [-0.05, 0) is 12.3 Å². The van der Waals surface area contributed by atoms with Gasteiger partial charge in [0.05, 0.1) is 11.2 Å². The lowest BCUT2D eigenvalue weighted by Gasteiger charge is -2.08. The van der Waals surface area contributed by atoms with E-state index in [4.69, 9.17) is 11.6 Å². The molecule has 1 aromatic heterocycles. The van der Waals surface area contributed by atoms with E-state index in [0.29, 0.717) is 5.92 Å². The summed E-state index contributed by atoms with van der Waals surface area (Å²) < 4.78 is 0.842. The molecule has 1 rings (SSSR count). The molecule has 1 nitrogen and oxygen atoms in total. The number of hydrogen-bond donors (Lipinski definition) is 0. The highest BCUT2D eigenvalue weighted by atomic mass is 79.9. The second kappa shape index (κ2) is 5.20. The first-order chi connectivity index (χ1) is 5.77.